The van der Waals surface area contributed by atoms with Crippen LogP contribution in [-0.4, -0.2) is 16.5 Å². The number of benzene rings is 1. The van der Waals surface area contributed by atoms with Crippen LogP contribution in [0.2, 0.25) is 0 Å². The number of allylic oxidation sites excluding steroid dienone is 1. The molecule has 3 heteroatoms. The number of ether oxygens (including phenoxy) is 1. The van der Waals surface area contributed by atoms with Crippen LogP contribution < -0.4 is 4.74 Å². The first-order chi connectivity index (χ1) is 7.95. The standard InChI is InChI=1S/C14H18O3/c1-4-5-10-17-12-8-6-11(7-9-12)13(15)14(2,3)16/h5-10,16H,4H2,1-3H3/b10-5+. The van der Waals surface area contributed by atoms with E-state index in [1.807, 2.05) is 13.0 Å². The van der Waals surface area contributed by atoms with Crippen LogP contribution >= 0.6 is 0 Å². The summed E-state index contributed by atoms with van der Waals surface area (Å²) in [6, 6.07) is 6.71. The minimum atomic E-state index is -1.34. The summed E-state index contributed by atoms with van der Waals surface area (Å²) < 4.78 is 5.31. The van der Waals surface area contributed by atoms with Crippen LogP contribution in [0.3, 0.4) is 0 Å². The van der Waals surface area contributed by atoms with Crippen LogP contribution in [0, 0.1) is 0 Å². The molecule has 0 atom stereocenters. The average molecular weight is 234 g/mol. The van der Waals surface area contributed by atoms with E-state index in [-0.39, 0.29) is 5.78 Å². The van der Waals surface area contributed by atoms with E-state index in [1.165, 1.54) is 13.8 Å². The minimum absolute atomic E-state index is 0.298. The highest BCUT2D eigenvalue weighted by molar-refractivity contribution is 6.01. The molecular weight excluding hydrogens is 216 g/mol. The molecule has 17 heavy (non-hydrogen) atoms. The molecule has 3 nitrogen and oxygen atoms in total. The Hall–Kier alpha value is -1.61. The first-order valence-electron chi connectivity index (χ1n) is 5.64. The molecule has 92 valence electrons. The van der Waals surface area contributed by atoms with Gasteiger partial charge < -0.3 is 9.84 Å². The van der Waals surface area contributed by atoms with Gasteiger partial charge in [0.05, 0.1) is 6.26 Å². The van der Waals surface area contributed by atoms with E-state index in [2.05, 4.69) is 0 Å². The van der Waals surface area contributed by atoms with Gasteiger partial charge in [0.15, 0.2) is 5.78 Å². The molecule has 1 aromatic carbocycles. The van der Waals surface area contributed by atoms with Crippen molar-refractivity contribution in [1.82, 2.24) is 0 Å². The fourth-order valence-corrected chi connectivity index (χ4v) is 1.26. The monoisotopic (exact) mass is 234 g/mol. The van der Waals surface area contributed by atoms with Crippen molar-refractivity contribution in [3.05, 3.63) is 42.2 Å². The topological polar surface area (TPSA) is 46.5 Å². The third kappa shape index (κ3) is 4.04. The summed E-state index contributed by atoms with van der Waals surface area (Å²) in [6.07, 6.45) is 4.43. The third-order valence-electron chi connectivity index (χ3n) is 2.21. The van der Waals surface area contributed by atoms with E-state index in [0.717, 1.165) is 6.42 Å². The fraction of sp³-hybridized carbons (Fsp3) is 0.357. The molecule has 0 heterocycles. The van der Waals surface area contributed by atoms with Crippen molar-refractivity contribution >= 4 is 5.78 Å². The van der Waals surface area contributed by atoms with Crippen LogP contribution in [0.5, 0.6) is 5.75 Å². The van der Waals surface area contributed by atoms with Crippen molar-refractivity contribution in [2.45, 2.75) is 32.8 Å². The van der Waals surface area contributed by atoms with Gasteiger partial charge in [-0.3, -0.25) is 4.79 Å². The van der Waals surface area contributed by atoms with E-state index in [9.17, 15) is 9.90 Å². The summed E-state index contributed by atoms with van der Waals surface area (Å²) in [5, 5.41) is 9.59. The predicted octanol–water partition coefficient (Wildman–Crippen LogP) is 2.94. The molecule has 0 aliphatic rings. The van der Waals surface area contributed by atoms with Gasteiger partial charge in [-0.1, -0.05) is 6.92 Å². The zero-order valence-electron chi connectivity index (χ0n) is 10.4. The first kappa shape index (κ1) is 13.5. The van der Waals surface area contributed by atoms with Crippen LogP contribution in [0.4, 0.5) is 0 Å². The number of carbonyl (C=O) groups is 1. The lowest BCUT2D eigenvalue weighted by Crippen LogP contribution is -2.30. The normalized spacial score (nSPS) is 11.8. The molecule has 1 N–H and O–H groups in total. The van der Waals surface area contributed by atoms with Gasteiger partial charge >= 0.3 is 0 Å². The fourth-order valence-electron chi connectivity index (χ4n) is 1.26. The predicted molar refractivity (Wildman–Crippen MR) is 67.1 cm³/mol. The summed E-state index contributed by atoms with van der Waals surface area (Å²) in [6.45, 7) is 4.97. The molecule has 0 fully saturated rings. The molecule has 0 aliphatic heterocycles. The molecule has 0 spiro atoms. The van der Waals surface area contributed by atoms with Crippen LogP contribution in [0.15, 0.2) is 36.6 Å². The summed E-state index contributed by atoms with van der Waals surface area (Å²) >= 11 is 0. The molecule has 0 radical (unpaired) electrons. The smallest absolute Gasteiger partial charge is 0.193 e. The Bertz CT molecular complexity index is 396. The van der Waals surface area contributed by atoms with Gasteiger partial charge in [-0.25, -0.2) is 0 Å². The summed E-state index contributed by atoms with van der Waals surface area (Å²) in [5.41, 5.74) is -0.867. The van der Waals surface area contributed by atoms with E-state index in [4.69, 9.17) is 4.74 Å². The molecule has 0 aromatic heterocycles. The Morgan fingerprint density at radius 1 is 1.35 bits per heavy atom. The maximum absolute atomic E-state index is 11.7. The van der Waals surface area contributed by atoms with Gasteiger partial charge in [0, 0.05) is 5.56 Å². The SMILES string of the molecule is CC/C=C/Oc1ccc(C(=O)C(C)(C)O)cc1. The zero-order chi connectivity index (χ0) is 12.9. The van der Waals surface area contributed by atoms with Crippen molar-refractivity contribution in [2.75, 3.05) is 0 Å². The quantitative estimate of drug-likeness (QED) is 0.629. The number of aliphatic hydroxyl groups is 1. The number of Topliss-reactive ketones (excluding diaryl/α,β-unsaturated/α-hetero) is 1. The first-order valence-corrected chi connectivity index (χ1v) is 5.64. The van der Waals surface area contributed by atoms with Crippen molar-refractivity contribution < 1.29 is 14.6 Å². The molecule has 0 unspecified atom stereocenters. The van der Waals surface area contributed by atoms with Crippen molar-refractivity contribution in [2.24, 2.45) is 0 Å². The van der Waals surface area contributed by atoms with Crippen LogP contribution in [0.1, 0.15) is 37.6 Å². The maximum Gasteiger partial charge on any atom is 0.193 e. The van der Waals surface area contributed by atoms with E-state index >= 15 is 0 Å². The number of hydrogen-bond acceptors (Lipinski definition) is 3. The number of hydrogen-bond donors (Lipinski definition) is 1. The highest BCUT2D eigenvalue weighted by atomic mass is 16.5. The molecule has 0 aliphatic carbocycles. The Morgan fingerprint density at radius 3 is 2.41 bits per heavy atom. The average Bonchev–Trinajstić information content (AvgIpc) is 2.28. The van der Waals surface area contributed by atoms with Crippen LogP contribution in [-0.2, 0) is 0 Å². The second-order valence-electron chi connectivity index (χ2n) is 4.31. The van der Waals surface area contributed by atoms with E-state index in [1.54, 1.807) is 30.5 Å². The highest BCUT2D eigenvalue weighted by Gasteiger charge is 2.24. The van der Waals surface area contributed by atoms with Gasteiger partial charge in [0.2, 0.25) is 0 Å². The summed E-state index contributed by atoms with van der Waals surface area (Å²) in [5.74, 6) is 0.371. The molecule has 0 bridgehead atoms. The van der Waals surface area contributed by atoms with Crippen molar-refractivity contribution in [3.63, 3.8) is 0 Å². The van der Waals surface area contributed by atoms with Crippen molar-refractivity contribution in [3.8, 4) is 5.75 Å². The number of ketones is 1. The zero-order valence-corrected chi connectivity index (χ0v) is 10.4. The Balaban J connectivity index is 2.75. The Labute approximate surface area is 102 Å². The van der Waals surface area contributed by atoms with Gasteiger partial charge in [-0.2, -0.15) is 0 Å². The molecule has 0 saturated heterocycles. The molecule has 0 amide bonds. The lowest BCUT2D eigenvalue weighted by Gasteiger charge is -2.15. The second-order valence-corrected chi connectivity index (χ2v) is 4.31. The molecule has 1 rings (SSSR count). The number of carbonyl (C=O) groups excluding carboxylic acids is 1. The second kappa shape index (κ2) is 5.64. The molecule has 0 saturated carbocycles. The lowest BCUT2D eigenvalue weighted by atomic mass is 9.97. The largest absolute Gasteiger partial charge is 0.465 e. The Kier molecular flexibility index (Phi) is 4.46. The van der Waals surface area contributed by atoms with Gasteiger partial charge in [0.1, 0.15) is 11.4 Å². The van der Waals surface area contributed by atoms with E-state index < -0.39 is 5.60 Å². The Morgan fingerprint density at radius 2 is 1.94 bits per heavy atom. The van der Waals surface area contributed by atoms with Gasteiger partial charge in [-0.05, 0) is 50.6 Å². The highest BCUT2D eigenvalue weighted by Crippen LogP contribution is 2.17. The minimum Gasteiger partial charge on any atom is -0.465 e. The van der Waals surface area contributed by atoms with Gasteiger partial charge in [-0.15, -0.1) is 0 Å². The maximum atomic E-state index is 11.7. The molecular formula is C14H18O3. The van der Waals surface area contributed by atoms with Crippen LogP contribution in [0.25, 0.3) is 0 Å². The summed E-state index contributed by atoms with van der Waals surface area (Å²) in [4.78, 5) is 11.7. The summed E-state index contributed by atoms with van der Waals surface area (Å²) in [7, 11) is 0. The molecule has 1 aromatic rings. The van der Waals surface area contributed by atoms with E-state index in [0.29, 0.717) is 11.3 Å². The van der Waals surface area contributed by atoms with Crippen molar-refractivity contribution in [1.29, 1.82) is 0 Å². The third-order valence-corrected chi connectivity index (χ3v) is 2.21. The number of rotatable bonds is 5. The lowest BCUT2D eigenvalue weighted by molar-refractivity contribution is 0.0488. The van der Waals surface area contributed by atoms with Gasteiger partial charge in [0.25, 0.3) is 0 Å².